The van der Waals surface area contributed by atoms with Gasteiger partial charge in [-0.25, -0.2) is 9.07 Å². The minimum absolute atomic E-state index is 0.0545. The van der Waals surface area contributed by atoms with Crippen LogP contribution in [-0.4, -0.2) is 51.7 Å². The normalized spacial score (nSPS) is 14.9. The monoisotopic (exact) mass is 472 g/mol. The molecule has 0 aliphatic carbocycles. The summed E-state index contributed by atoms with van der Waals surface area (Å²) in [5.74, 6) is -0.381. The number of aromatic nitrogens is 2. The summed E-state index contributed by atoms with van der Waals surface area (Å²) in [4.78, 5) is 16.9. The largest absolute Gasteiger partial charge is 0.337 e. The molecule has 0 bridgehead atoms. The SMILES string of the molecule is Cc1nn(-c2ccc(F)cc2)c(Cl)c1/C=C/C(=O)N1CCN(Cc2ccc(Cl)cc2)CC1. The number of carbonyl (C=O) groups excluding carboxylic acids is 1. The van der Waals surface area contributed by atoms with Crippen molar-refractivity contribution in [3.05, 3.63) is 87.4 Å². The quantitative estimate of drug-likeness (QED) is 0.491. The van der Waals surface area contributed by atoms with Gasteiger partial charge in [-0.2, -0.15) is 5.10 Å². The summed E-state index contributed by atoms with van der Waals surface area (Å²) >= 11 is 12.4. The molecule has 0 unspecified atom stereocenters. The van der Waals surface area contributed by atoms with Crippen molar-refractivity contribution in [3.8, 4) is 5.69 Å². The summed E-state index contributed by atoms with van der Waals surface area (Å²) < 4.78 is 14.7. The second-order valence-electron chi connectivity index (χ2n) is 7.74. The first-order valence-corrected chi connectivity index (χ1v) is 11.1. The summed E-state index contributed by atoms with van der Waals surface area (Å²) in [6, 6.07) is 13.8. The number of halogens is 3. The molecule has 166 valence electrons. The van der Waals surface area contributed by atoms with Gasteiger partial charge in [-0.1, -0.05) is 35.3 Å². The van der Waals surface area contributed by atoms with Crippen LogP contribution in [0.25, 0.3) is 11.8 Å². The van der Waals surface area contributed by atoms with Gasteiger partial charge < -0.3 is 4.90 Å². The Kier molecular flexibility index (Phi) is 6.94. The van der Waals surface area contributed by atoms with E-state index in [0.717, 1.165) is 24.7 Å². The zero-order chi connectivity index (χ0) is 22.7. The highest BCUT2D eigenvalue weighted by Gasteiger charge is 2.20. The summed E-state index contributed by atoms with van der Waals surface area (Å²) in [5, 5.41) is 5.54. The van der Waals surface area contributed by atoms with Crippen LogP contribution in [0.4, 0.5) is 4.39 Å². The van der Waals surface area contributed by atoms with Crippen molar-refractivity contribution in [2.24, 2.45) is 0 Å². The highest BCUT2D eigenvalue weighted by atomic mass is 35.5. The molecule has 0 N–H and O–H groups in total. The van der Waals surface area contributed by atoms with Crippen LogP contribution in [0.5, 0.6) is 0 Å². The molecule has 1 saturated heterocycles. The van der Waals surface area contributed by atoms with E-state index in [1.807, 2.05) is 36.1 Å². The highest BCUT2D eigenvalue weighted by Crippen LogP contribution is 2.25. The van der Waals surface area contributed by atoms with E-state index in [1.165, 1.54) is 22.4 Å². The zero-order valence-electron chi connectivity index (χ0n) is 17.6. The second-order valence-corrected chi connectivity index (χ2v) is 8.53. The number of aryl methyl sites for hydroxylation is 1. The van der Waals surface area contributed by atoms with Crippen molar-refractivity contribution >= 4 is 35.2 Å². The van der Waals surface area contributed by atoms with Gasteiger partial charge in [-0.15, -0.1) is 0 Å². The average Bonchev–Trinajstić information content (AvgIpc) is 3.08. The van der Waals surface area contributed by atoms with E-state index in [-0.39, 0.29) is 11.7 Å². The van der Waals surface area contributed by atoms with E-state index < -0.39 is 0 Å². The molecule has 1 aromatic heterocycles. The lowest BCUT2D eigenvalue weighted by Crippen LogP contribution is -2.47. The fourth-order valence-corrected chi connectivity index (χ4v) is 4.15. The van der Waals surface area contributed by atoms with Crippen molar-refractivity contribution in [3.63, 3.8) is 0 Å². The molecule has 4 rings (SSSR count). The molecule has 2 aromatic carbocycles. The van der Waals surface area contributed by atoms with Crippen LogP contribution < -0.4 is 0 Å². The van der Waals surface area contributed by atoms with Crippen molar-refractivity contribution < 1.29 is 9.18 Å². The fraction of sp³-hybridized carbons (Fsp3) is 0.250. The number of hydrogen-bond donors (Lipinski definition) is 0. The Hall–Kier alpha value is -2.67. The van der Waals surface area contributed by atoms with Gasteiger partial charge in [0.1, 0.15) is 11.0 Å². The van der Waals surface area contributed by atoms with Gasteiger partial charge in [-0.3, -0.25) is 9.69 Å². The minimum Gasteiger partial charge on any atom is -0.337 e. The van der Waals surface area contributed by atoms with Gasteiger partial charge in [0.25, 0.3) is 0 Å². The van der Waals surface area contributed by atoms with Crippen LogP contribution in [-0.2, 0) is 11.3 Å². The molecule has 0 radical (unpaired) electrons. The van der Waals surface area contributed by atoms with E-state index in [2.05, 4.69) is 10.00 Å². The second kappa shape index (κ2) is 9.86. The van der Waals surface area contributed by atoms with Crippen LogP contribution in [0, 0.1) is 12.7 Å². The Balaban J connectivity index is 1.37. The summed E-state index contributed by atoms with van der Waals surface area (Å²) in [5.41, 5.74) is 3.22. The number of carbonyl (C=O) groups is 1. The van der Waals surface area contributed by atoms with Crippen molar-refractivity contribution in [2.75, 3.05) is 26.2 Å². The zero-order valence-corrected chi connectivity index (χ0v) is 19.2. The van der Waals surface area contributed by atoms with E-state index in [4.69, 9.17) is 23.2 Å². The molecule has 0 saturated carbocycles. The van der Waals surface area contributed by atoms with Gasteiger partial charge in [0, 0.05) is 49.4 Å². The maximum absolute atomic E-state index is 13.2. The van der Waals surface area contributed by atoms with Crippen molar-refractivity contribution in [2.45, 2.75) is 13.5 Å². The Morgan fingerprint density at radius 2 is 1.69 bits per heavy atom. The maximum Gasteiger partial charge on any atom is 0.246 e. The summed E-state index contributed by atoms with van der Waals surface area (Å²) in [6.07, 6.45) is 3.24. The molecule has 2 heterocycles. The van der Waals surface area contributed by atoms with E-state index in [0.29, 0.717) is 35.2 Å². The Labute approximate surface area is 196 Å². The van der Waals surface area contributed by atoms with Crippen LogP contribution in [0.15, 0.2) is 54.6 Å². The summed E-state index contributed by atoms with van der Waals surface area (Å²) in [7, 11) is 0. The Morgan fingerprint density at radius 3 is 2.34 bits per heavy atom. The molecule has 1 aliphatic heterocycles. The first kappa shape index (κ1) is 22.5. The number of amides is 1. The third-order valence-electron chi connectivity index (χ3n) is 5.52. The van der Waals surface area contributed by atoms with E-state index >= 15 is 0 Å². The van der Waals surface area contributed by atoms with E-state index in [9.17, 15) is 9.18 Å². The molecule has 3 aromatic rings. The fourth-order valence-electron chi connectivity index (χ4n) is 3.69. The first-order valence-electron chi connectivity index (χ1n) is 10.4. The standard InChI is InChI=1S/C24H23Cl2FN4O/c1-17-22(24(26)31(28-17)21-8-6-20(27)7-9-21)10-11-23(32)30-14-12-29(13-15-30)16-18-2-4-19(25)5-3-18/h2-11H,12-16H2,1H3/b11-10+. The molecule has 1 aliphatic rings. The third-order valence-corrected chi connectivity index (χ3v) is 6.13. The molecular formula is C24H23Cl2FN4O. The Morgan fingerprint density at radius 1 is 1.03 bits per heavy atom. The molecule has 8 heteroatoms. The van der Waals surface area contributed by atoms with Gasteiger partial charge in [0.15, 0.2) is 0 Å². The first-order chi connectivity index (χ1) is 15.4. The summed E-state index contributed by atoms with van der Waals surface area (Å²) in [6.45, 7) is 5.61. The number of rotatable bonds is 5. The van der Waals surface area contributed by atoms with Gasteiger partial charge in [-0.05, 0) is 55.0 Å². The third kappa shape index (κ3) is 5.21. The highest BCUT2D eigenvalue weighted by molar-refractivity contribution is 6.31. The van der Waals surface area contributed by atoms with Gasteiger partial charge in [0.2, 0.25) is 5.91 Å². The van der Waals surface area contributed by atoms with Crippen LogP contribution >= 0.6 is 23.2 Å². The van der Waals surface area contributed by atoms with Crippen LogP contribution in [0.2, 0.25) is 10.2 Å². The molecule has 0 atom stereocenters. The lowest BCUT2D eigenvalue weighted by molar-refractivity contribution is -0.127. The predicted octanol–water partition coefficient (Wildman–Crippen LogP) is 4.98. The van der Waals surface area contributed by atoms with E-state index in [1.54, 1.807) is 24.3 Å². The minimum atomic E-state index is -0.326. The number of hydrogen-bond acceptors (Lipinski definition) is 3. The smallest absolute Gasteiger partial charge is 0.246 e. The average molecular weight is 473 g/mol. The molecular weight excluding hydrogens is 450 g/mol. The van der Waals surface area contributed by atoms with Crippen molar-refractivity contribution in [1.82, 2.24) is 19.6 Å². The maximum atomic E-state index is 13.2. The van der Waals surface area contributed by atoms with Gasteiger partial charge in [0.05, 0.1) is 11.4 Å². The predicted molar refractivity (Wildman–Crippen MR) is 126 cm³/mol. The Bertz CT molecular complexity index is 1120. The van der Waals surface area contributed by atoms with Crippen LogP contribution in [0.3, 0.4) is 0 Å². The lowest BCUT2D eigenvalue weighted by atomic mass is 10.2. The molecule has 1 amide bonds. The topological polar surface area (TPSA) is 41.4 Å². The number of nitrogens with zero attached hydrogens (tertiary/aromatic N) is 4. The molecule has 0 spiro atoms. The lowest BCUT2D eigenvalue weighted by Gasteiger charge is -2.34. The molecule has 32 heavy (non-hydrogen) atoms. The molecule has 1 fully saturated rings. The molecule has 5 nitrogen and oxygen atoms in total. The number of benzene rings is 2. The van der Waals surface area contributed by atoms with Crippen LogP contribution in [0.1, 0.15) is 16.8 Å². The van der Waals surface area contributed by atoms with Crippen molar-refractivity contribution in [1.29, 1.82) is 0 Å². The number of piperazine rings is 1. The van der Waals surface area contributed by atoms with Gasteiger partial charge >= 0.3 is 0 Å².